The van der Waals surface area contributed by atoms with Crippen molar-refractivity contribution in [3.63, 3.8) is 0 Å². The minimum absolute atomic E-state index is 0.206. The number of rotatable bonds is 5. The topological polar surface area (TPSA) is 29.9 Å². The third-order valence-electron chi connectivity index (χ3n) is 2.67. The lowest BCUT2D eigenvalue weighted by atomic mass is 10.1. The average molecular weight is 249 g/mol. The summed E-state index contributed by atoms with van der Waals surface area (Å²) in [7, 11) is 2.04. The Kier molecular flexibility index (Phi) is 3.97. The Balaban J connectivity index is 2.22. The van der Waals surface area contributed by atoms with Gasteiger partial charge < -0.3 is 9.88 Å². The summed E-state index contributed by atoms with van der Waals surface area (Å²) in [4.78, 5) is 5.78. The molecule has 2 aromatic heterocycles. The van der Waals surface area contributed by atoms with E-state index in [-0.39, 0.29) is 6.04 Å². The summed E-state index contributed by atoms with van der Waals surface area (Å²) in [6.45, 7) is 5.43. The molecule has 92 valence electrons. The number of hydrogen-bond donors (Lipinski definition) is 1. The van der Waals surface area contributed by atoms with Crippen LogP contribution in [-0.2, 0) is 7.05 Å². The van der Waals surface area contributed by atoms with Gasteiger partial charge in [-0.15, -0.1) is 11.3 Å². The van der Waals surface area contributed by atoms with Gasteiger partial charge in [-0.25, -0.2) is 4.98 Å². The lowest BCUT2D eigenvalue weighted by Crippen LogP contribution is -2.27. The second-order valence-electron chi connectivity index (χ2n) is 4.65. The maximum atomic E-state index is 4.46. The zero-order valence-electron chi connectivity index (χ0n) is 10.6. The molecule has 0 fully saturated rings. The van der Waals surface area contributed by atoms with Gasteiger partial charge in [-0.05, 0) is 23.9 Å². The van der Waals surface area contributed by atoms with Crippen molar-refractivity contribution in [2.45, 2.75) is 19.9 Å². The minimum Gasteiger partial charge on any atom is -0.336 e. The predicted octanol–water partition coefficient (Wildman–Crippen LogP) is 2.82. The molecule has 2 aromatic rings. The van der Waals surface area contributed by atoms with Gasteiger partial charge >= 0.3 is 0 Å². The molecule has 4 heteroatoms. The van der Waals surface area contributed by atoms with Crippen LogP contribution in [0.25, 0.3) is 0 Å². The van der Waals surface area contributed by atoms with Crippen LogP contribution in [0.5, 0.6) is 0 Å². The number of aromatic nitrogens is 2. The van der Waals surface area contributed by atoms with Crippen LogP contribution in [0.15, 0.2) is 29.9 Å². The van der Waals surface area contributed by atoms with Gasteiger partial charge in [-0.3, -0.25) is 0 Å². The fourth-order valence-electron chi connectivity index (χ4n) is 1.78. The molecule has 0 aliphatic heterocycles. The molecule has 0 aromatic carbocycles. The number of hydrogen-bond acceptors (Lipinski definition) is 3. The van der Waals surface area contributed by atoms with Crippen LogP contribution in [0.4, 0.5) is 0 Å². The SMILES string of the molecule is CC(C)CNC(c1cccs1)c1nccn1C. The van der Waals surface area contributed by atoms with Crippen molar-refractivity contribution in [3.05, 3.63) is 40.6 Å². The van der Waals surface area contributed by atoms with Gasteiger partial charge in [0.2, 0.25) is 0 Å². The van der Waals surface area contributed by atoms with E-state index in [1.54, 1.807) is 11.3 Å². The van der Waals surface area contributed by atoms with Crippen LogP contribution in [0, 0.1) is 5.92 Å². The summed E-state index contributed by atoms with van der Waals surface area (Å²) < 4.78 is 2.08. The maximum absolute atomic E-state index is 4.46. The second-order valence-corrected chi connectivity index (χ2v) is 5.63. The molecule has 17 heavy (non-hydrogen) atoms. The van der Waals surface area contributed by atoms with Gasteiger partial charge in [0.1, 0.15) is 11.9 Å². The van der Waals surface area contributed by atoms with Crippen molar-refractivity contribution in [1.82, 2.24) is 14.9 Å². The van der Waals surface area contributed by atoms with E-state index in [0.29, 0.717) is 5.92 Å². The number of thiophene rings is 1. The van der Waals surface area contributed by atoms with Crippen molar-refractivity contribution in [2.24, 2.45) is 13.0 Å². The molecule has 1 atom stereocenters. The monoisotopic (exact) mass is 249 g/mol. The Bertz CT molecular complexity index is 445. The number of nitrogens with one attached hydrogen (secondary N) is 1. The quantitative estimate of drug-likeness (QED) is 0.883. The zero-order valence-corrected chi connectivity index (χ0v) is 11.4. The molecule has 0 radical (unpaired) electrons. The summed E-state index contributed by atoms with van der Waals surface area (Å²) >= 11 is 1.77. The summed E-state index contributed by atoms with van der Waals surface area (Å²) in [5.41, 5.74) is 0. The first-order chi connectivity index (χ1) is 8.18. The van der Waals surface area contributed by atoms with Gasteiger partial charge in [0.05, 0.1) is 0 Å². The molecule has 3 nitrogen and oxygen atoms in total. The number of imidazole rings is 1. The van der Waals surface area contributed by atoms with Gasteiger partial charge in [0, 0.05) is 24.3 Å². The van der Waals surface area contributed by atoms with Crippen LogP contribution in [0.1, 0.15) is 30.6 Å². The van der Waals surface area contributed by atoms with E-state index in [4.69, 9.17) is 0 Å². The van der Waals surface area contributed by atoms with E-state index >= 15 is 0 Å². The van der Waals surface area contributed by atoms with Crippen LogP contribution in [-0.4, -0.2) is 16.1 Å². The van der Waals surface area contributed by atoms with Crippen molar-refractivity contribution < 1.29 is 0 Å². The van der Waals surface area contributed by atoms with Crippen LogP contribution >= 0.6 is 11.3 Å². The standard InChI is InChI=1S/C13H19N3S/c1-10(2)9-15-12(11-5-4-8-17-11)13-14-6-7-16(13)3/h4-8,10,12,15H,9H2,1-3H3. The van der Waals surface area contributed by atoms with E-state index < -0.39 is 0 Å². The molecule has 0 aliphatic carbocycles. The molecule has 0 amide bonds. The normalized spacial score (nSPS) is 13.2. The van der Waals surface area contributed by atoms with Gasteiger partial charge in [0.15, 0.2) is 0 Å². The Morgan fingerprint density at radius 1 is 1.47 bits per heavy atom. The molecule has 0 saturated carbocycles. The molecule has 1 N–H and O–H groups in total. The molecular weight excluding hydrogens is 230 g/mol. The van der Waals surface area contributed by atoms with E-state index in [9.17, 15) is 0 Å². The van der Waals surface area contributed by atoms with Crippen LogP contribution in [0.3, 0.4) is 0 Å². The average Bonchev–Trinajstić information content (AvgIpc) is 2.91. The number of aryl methyl sites for hydroxylation is 1. The minimum atomic E-state index is 0.206. The highest BCUT2D eigenvalue weighted by molar-refractivity contribution is 7.10. The summed E-state index contributed by atoms with van der Waals surface area (Å²) in [6, 6.07) is 4.46. The third-order valence-corrected chi connectivity index (χ3v) is 3.61. The molecule has 0 saturated heterocycles. The molecule has 0 aliphatic rings. The largest absolute Gasteiger partial charge is 0.336 e. The lowest BCUT2D eigenvalue weighted by Gasteiger charge is -2.18. The molecule has 2 heterocycles. The third kappa shape index (κ3) is 2.96. The maximum Gasteiger partial charge on any atom is 0.131 e. The Morgan fingerprint density at radius 2 is 2.29 bits per heavy atom. The first kappa shape index (κ1) is 12.3. The van der Waals surface area contributed by atoms with Gasteiger partial charge in [-0.2, -0.15) is 0 Å². The van der Waals surface area contributed by atoms with Gasteiger partial charge in [-0.1, -0.05) is 19.9 Å². The highest BCUT2D eigenvalue weighted by Crippen LogP contribution is 2.24. The zero-order chi connectivity index (χ0) is 12.3. The van der Waals surface area contributed by atoms with Crippen molar-refractivity contribution >= 4 is 11.3 Å². The van der Waals surface area contributed by atoms with E-state index in [2.05, 4.69) is 46.2 Å². The van der Waals surface area contributed by atoms with E-state index in [0.717, 1.165) is 12.4 Å². The van der Waals surface area contributed by atoms with Crippen molar-refractivity contribution in [2.75, 3.05) is 6.54 Å². The first-order valence-corrected chi connectivity index (χ1v) is 6.80. The summed E-state index contributed by atoms with van der Waals surface area (Å²) in [6.07, 6.45) is 3.85. The first-order valence-electron chi connectivity index (χ1n) is 5.92. The summed E-state index contributed by atoms with van der Waals surface area (Å²) in [5.74, 6) is 1.71. The fraction of sp³-hybridized carbons (Fsp3) is 0.462. The lowest BCUT2D eigenvalue weighted by molar-refractivity contribution is 0.496. The highest BCUT2D eigenvalue weighted by Gasteiger charge is 2.18. The smallest absolute Gasteiger partial charge is 0.131 e. The second kappa shape index (κ2) is 5.47. The Morgan fingerprint density at radius 3 is 2.82 bits per heavy atom. The Hall–Kier alpha value is -1.13. The molecule has 0 spiro atoms. The van der Waals surface area contributed by atoms with E-state index in [1.807, 2.05) is 19.4 Å². The molecular formula is C13H19N3S. The fourth-order valence-corrected chi connectivity index (χ4v) is 2.58. The van der Waals surface area contributed by atoms with Gasteiger partial charge in [0.25, 0.3) is 0 Å². The molecule has 1 unspecified atom stereocenters. The van der Waals surface area contributed by atoms with Crippen LogP contribution < -0.4 is 5.32 Å². The van der Waals surface area contributed by atoms with Crippen molar-refractivity contribution in [3.8, 4) is 0 Å². The Labute approximate surface area is 107 Å². The molecule has 2 rings (SSSR count). The van der Waals surface area contributed by atoms with Crippen LogP contribution in [0.2, 0.25) is 0 Å². The highest BCUT2D eigenvalue weighted by atomic mass is 32.1. The predicted molar refractivity (Wildman–Crippen MR) is 72.2 cm³/mol. The van der Waals surface area contributed by atoms with E-state index in [1.165, 1.54) is 4.88 Å². The number of nitrogens with zero attached hydrogens (tertiary/aromatic N) is 2. The molecule has 0 bridgehead atoms. The summed E-state index contributed by atoms with van der Waals surface area (Å²) in [5, 5.41) is 5.71. The van der Waals surface area contributed by atoms with Crippen molar-refractivity contribution in [1.29, 1.82) is 0 Å².